The highest BCUT2D eigenvalue weighted by Crippen LogP contribution is 2.26. The molecule has 1 fully saturated rings. The van der Waals surface area contributed by atoms with Crippen molar-refractivity contribution in [2.45, 2.75) is 38.6 Å². The second-order valence-corrected chi connectivity index (χ2v) is 5.77. The Balaban J connectivity index is 1.75. The topological polar surface area (TPSA) is 51.0 Å². The molecule has 5 heteroatoms. The lowest BCUT2D eigenvalue weighted by molar-refractivity contribution is -0.132. The van der Waals surface area contributed by atoms with Crippen LogP contribution in [0.15, 0.2) is 36.8 Å². The number of carbonyl (C=O) groups is 1. The van der Waals surface area contributed by atoms with E-state index in [4.69, 9.17) is 0 Å². The fraction of sp³-hybridized carbons (Fsp3) is 0.471. The Morgan fingerprint density at radius 1 is 1.32 bits per heavy atom. The molecule has 0 spiro atoms. The molecule has 0 radical (unpaired) electrons. The quantitative estimate of drug-likeness (QED) is 0.871. The average Bonchev–Trinajstić information content (AvgIpc) is 3.03. The van der Waals surface area contributed by atoms with E-state index >= 15 is 0 Å². The summed E-state index contributed by atoms with van der Waals surface area (Å²) in [4.78, 5) is 22.9. The fourth-order valence-electron chi connectivity index (χ4n) is 3.12. The summed E-state index contributed by atoms with van der Waals surface area (Å²) in [6.07, 6.45) is 8.38. The average molecular weight is 298 g/mol. The summed E-state index contributed by atoms with van der Waals surface area (Å²) in [6.45, 7) is 4.32. The van der Waals surface area contributed by atoms with Crippen LogP contribution >= 0.6 is 0 Å². The Labute approximate surface area is 131 Å². The molecule has 22 heavy (non-hydrogen) atoms. The van der Waals surface area contributed by atoms with Crippen LogP contribution in [0.25, 0.3) is 0 Å². The summed E-state index contributed by atoms with van der Waals surface area (Å²) in [5.74, 6) is 1.63. The van der Waals surface area contributed by atoms with Gasteiger partial charge in [0.1, 0.15) is 5.82 Å². The molecule has 1 saturated heterocycles. The van der Waals surface area contributed by atoms with Crippen molar-refractivity contribution in [3.8, 4) is 0 Å². The van der Waals surface area contributed by atoms with Crippen LogP contribution in [0.5, 0.6) is 0 Å². The minimum absolute atomic E-state index is 0.243. The highest BCUT2D eigenvalue weighted by Gasteiger charge is 2.26. The van der Waals surface area contributed by atoms with Gasteiger partial charge >= 0.3 is 0 Å². The van der Waals surface area contributed by atoms with Crippen molar-refractivity contribution in [2.75, 3.05) is 13.1 Å². The smallest absolute Gasteiger partial charge is 0.222 e. The number of piperidine rings is 1. The third kappa shape index (κ3) is 3.18. The van der Waals surface area contributed by atoms with E-state index in [-0.39, 0.29) is 5.91 Å². The van der Waals surface area contributed by atoms with E-state index in [0.29, 0.717) is 12.3 Å². The molecule has 0 saturated carbocycles. The normalized spacial score (nSPS) is 18.4. The van der Waals surface area contributed by atoms with Crippen molar-refractivity contribution in [2.24, 2.45) is 0 Å². The molecule has 5 nitrogen and oxygen atoms in total. The summed E-state index contributed by atoms with van der Waals surface area (Å²) in [7, 11) is 0. The van der Waals surface area contributed by atoms with Gasteiger partial charge in [0.05, 0.1) is 12.2 Å². The third-order valence-corrected chi connectivity index (χ3v) is 4.25. The first-order valence-electron chi connectivity index (χ1n) is 7.96. The zero-order valence-corrected chi connectivity index (χ0v) is 13.0. The van der Waals surface area contributed by atoms with Crippen LogP contribution < -0.4 is 0 Å². The highest BCUT2D eigenvalue weighted by atomic mass is 16.2. The Bertz CT molecular complexity index is 623. The van der Waals surface area contributed by atoms with Crippen molar-refractivity contribution in [3.05, 3.63) is 48.3 Å². The Kier molecular flexibility index (Phi) is 4.51. The first kappa shape index (κ1) is 14.8. The van der Waals surface area contributed by atoms with Gasteiger partial charge in [0.25, 0.3) is 0 Å². The second-order valence-electron chi connectivity index (χ2n) is 5.77. The Hall–Kier alpha value is -2.17. The Morgan fingerprint density at radius 3 is 3.00 bits per heavy atom. The molecule has 0 aliphatic carbocycles. The van der Waals surface area contributed by atoms with Crippen molar-refractivity contribution in [1.82, 2.24) is 19.4 Å². The molecule has 0 bridgehead atoms. The van der Waals surface area contributed by atoms with Gasteiger partial charge in [-0.2, -0.15) is 0 Å². The molecule has 0 unspecified atom stereocenters. The lowest BCUT2D eigenvalue weighted by atomic mass is 9.97. The zero-order valence-electron chi connectivity index (χ0n) is 13.0. The fourth-order valence-corrected chi connectivity index (χ4v) is 3.12. The van der Waals surface area contributed by atoms with Gasteiger partial charge in [-0.15, -0.1) is 0 Å². The summed E-state index contributed by atoms with van der Waals surface area (Å²) in [5.41, 5.74) is 1.03. The molecule has 0 N–H and O–H groups in total. The molecular formula is C17H22N4O. The maximum absolute atomic E-state index is 11.9. The zero-order chi connectivity index (χ0) is 15.4. The summed E-state index contributed by atoms with van der Waals surface area (Å²) in [6, 6.07) is 5.95. The molecule has 1 amide bonds. The molecule has 116 valence electrons. The number of amides is 1. The number of rotatable bonds is 4. The van der Waals surface area contributed by atoms with Gasteiger partial charge < -0.3 is 9.47 Å². The maximum atomic E-state index is 11.9. The van der Waals surface area contributed by atoms with E-state index in [1.165, 1.54) is 0 Å². The van der Waals surface area contributed by atoms with Gasteiger partial charge in [-0.1, -0.05) is 13.0 Å². The van der Waals surface area contributed by atoms with Gasteiger partial charge in [-0.25, -0.2) is 4.98 Å². The predicted molar refractivity (Wildman–Crippen MR) is 84.4 cm³/mol. The molecule has 2 aromatic heterocycles. The van der Waals surface area contributed by atoms with E-state index in [0.717, 1.165) is 44.0 Å². The summed E-state index contributed by atoms with van der Waals surface area (Å²) >= 11 is 0. The number of imidazole rings is 1. The van der Waals surface area contributed by atoms with E-state index in [2.05, 4.69) is 14.5 Å². The minimum atomic E-state index is 0.243. The van der Waals surface area contributed by atoms with E-state index in [9.17, 15) is 4.79 Å². The van der Waals surface area contributed by atoms with E-state index in [1.54, 1.807) is 0 Å². The molecule has 0 aromatic carbocycles. The second kappa shape index (κ2) is 6.73. The van der Waals surface area contributed by atoms with Crippen LogP contribution in [0.4, 0.5) is 0 Å². The number of hydrogen-bond donors (Lipinski definition) is 0. The van der Waals surface area contributed by atoms with Crippen molar-refractivity contribution < 1.29 is 4.79 Å². The molecule has 1 aliphatic rings. The molecule has 1 atom stereocenters. The number of likely N-dealkylation sites (tertiary alicyclic amines) is 1. The SMILES string of the molecule is CCC(=O)N1CCC[C@@H](c2nccn2Cc2ccccn2)C1. The molecular weight excluding hydrogens is 276 g/mol. The number of nitrogens with zero attached hydrogens (tertiary/aromatic N) is 4. The van der Waals surface area contributed by atoms with Crippen molar-refractivity contribution in [3.63, 3.8) is 0 Å². The van der Waals surface area contributed by atoms with Gasteiger partial charge in [0.2, 0.25) is 5.91 Å². The minimum Gasteiger partial charge on any atom is -0.342 e. The van der Waals surface area contributed by atoms with E-state index in [1.807, 2.05) is 48.6 Å². The summed E-state index contributed by atoms with van der Waals surface area (Å²) in [5, 5.41) is 0. The van der Waals surface area contributed by atoms with Crippen LogP contribution in [-0.2, 0) is 11.3 Å². The van der Waals surface area contributed by atoms with Gasteiger partial charge in [-0.05, 0) is 25.0 Å². The number of hydrogen-bond acceptors (Lipinski definition) is 3. The first-order chi connectivity index (χ1) is 10.8. The standard InChI is InChI=1S/C17H22N4O/c1-2-16(22)20-10-5-6-14(12-20)17-19-9-11-21(17)13-15-7-3-4-8-18-15/h3-4,7-9,11,14H,2,5-6,10,12-13H2,1H3/t14-/m1/s1. The third-order valence-electron chi connectivity index (χ3n) is 4.25. The van der Waals surface area contributed by atoms with Gasteiger partial charge in [0.15, 0.2) is 0 Å². The largest absolute Gasteiger partial charge is 0.342 e. The Morgan fingerprint density at radius 2 is 2.23 bits per heavy atom. The van der Waals surface area contributed by atoms with Crippen molar-refractivity contribution in [1.29, 1.82) is 0 Å². The van der Waals surface area contributed by atoms with Gasteiger partial charge in [-0.3, -0.25) is 9.78 Å². The first-order valence-corrected chi connectivity index (χ1v) is 7.96. The molecule has 3 rings (SSSR count). The van der Waals surface area contributed by atoms with Crippen LogP contribution in [0.1, 0.15) is 43.6 Å². The number of aromatic nitrogens is 3. The van der Waals surface area contributed by atoms with Gasteiger partial charge in [0, 0.05) is 44.0 Å². The van der Waals surface area contributed by atoms with Crippen LogP contribution in [0.2, 0.25) is 0 Å². The summed E-state index contributed by atoms with van der Waals surface area (Å²) < 4.78 is 2.16. The van der Waals surface area contributed by atoms with Crippen molar-refractivity contribution >= 4 is 5.91 Å². The molecule has 3 heterocycles. The monoisotopic (exact) mass is 298 g/mol. The number of carbonyl (C=O) groups excluding carboxylic acids is 1. The van der Waals surface area contributed by atoms with Crippen LogP contribution in [0, 0.1) is 0 Å². The lowest BCUT2D eigenvalue weighted by Gasteiger charge is -2.32. The van der Waals surface area contributed by atoms with E-state index < -0.39 is 0 Å². The predicted octanol–water partition coefficient (Wildman–Crippen LogP) is 2.44. The lowest BCUT2D eigenvalue weighted by Crippen LogP contribution is -2.39. The molecule has 1 aliphatic heterocycles. The van der Waals surface area contributed by atoms with Crippen LogP contribution in [0.3, 0.4) is 0 Å². The highest BCUT2D eigenvalue weighted by molar-refractivity contribution is 5.75. The molecule has 2 aromatic rings. The number of pyridine rings is 1. The van der Waals surface area contributed by atoms with Crippen LogP contribution in [-0.4, -0.2) is 38.4 Å². The maximum Gasteiger partial charge on any atom is 0.222 e.